The third-order valence-corrected chi connectivity index (χ3v) is 0.248. The summed E-state index contributed by atoms with van der Waals surface area (Å²) in [7, 11) is 1.42. The van der Waals surface area contributed by atoms with Crippen LogP contribution in [0.1, 0.15) is 6.92 Å². The SMILES string of the molecule is COO[C@@H](C)N. The van der Waals surface area contributed by atoms with Crippen molar-refractivity contribution in [2.75, 3.05) is 7.11 Å². The van der Waals surface area contributed by atoms with Crippen molar-refractivity contribution >= 4 is 0 Å². The largest absolute Gasteiger partial charge is 0.304 e. The molecule has 0 heterocycles. The molecule has 38 valence electrons. The standard InChI is InChI=1S/C3H9NO2/c1-3(4)6-5-2/h3H,4H2,1-2H3/t3-/m0/s1. The molecule has 0 radical (unpaired) electrons. The van der Waals surface area contributed by atoms with Crippen LogP contribution >= 0.6 is 0 Å². The van der Waals surface area contributed by atoms with Gasteiger partial charge in [-0.1, -0.05) is 0 Å². The molecule has 0 saturated carbocycles. The van der Waals surface area contributed by atoms with Crippen LogP contribution in [0.25, 0.3) is 0 Å². The average Bonchev–Trinajstić information content (AvgIpc) is 1.35. The summed E-state index contributed by atoms with van der Waals surface area (Å²) >= 11 is 0. The van der Waals surface area contributed by atoms with E-state index >= 15 is 0 Å². The average molecular weight is 91.1 g/mol. The second kappa shape index (κ2) is 3.08. The number of rotatable bonds is 2. The monoisotopic (exact) mass is 91.1 g/mol. The summed E-state index contributed by atoms with van der Waals surface area (Å²) in [6.45, 7) is 1.68. The van der Waals surface area contributed by atoms with Crippen molar-refractivity contribution in [1.82, 2.24) is 0 Å². The van der Waals surface area contributed by atoms with Gasteiger partial charge in [0.25, 0.3) is 0 Å². The summed E-state index contributed by atoms with van der Waals surface area (Å²) in [5.74, 6) is 0. The Bertz CT molecular complexity index is 30.0. The third kappa shape index (κ3) is 3.88. The second-order valence-electron chi connectivity index (χ2n) is 0.968. The Balaban J connectivity index is 2.63. The Morgan fingerprint density at radius 1 is 1.67 bits per heavy atom. The van der Waals surface area contributed by atoms with E-state index in [4.69, 9.17) is 5.73 Å². The molecule has 0 aliphatic carbocycles. The quantitative estimate of drug-likeness (QED) is 0.292. The smallest absolute Gasteiger partial charge is 0.138 e. The van der Waals surface area contributed by atoms with Crippen molar-refractivity contribution in [3.8, 4) is 0 Å². The second-order valence-corrected chi connectivity index (χ2v) is 0.968. The molecular formula is C3H9NO2. The van der Waals surface area contributed by atoms with Crippen molar-refractivity contribution in [2.24, 2.45) is 5.73 Å². The van der Waals surface area contributed by atoms with E-state index < -0.39 is 0 Å². The van der Waals surface area contributed by atoms with Crippen molar-refractivity contribution in [1.29, 1.82) is 0 Å². The first-order valence-electron chi connectivity index (χ1n) is 1.72. The first-order valence-corrected chi connectivity index (χ1v) is 1.72. The maximum atomic E-state index is 5.06. The minimum Gasteiger partial charge on any atom is -0.304 e. The summed E-state index contributed by atoms with van der Waals surface area (Å²) in [6.07, 6.45) is -0.324. The van der Waals surface area contributed by atoms with Crippen LogP contribution < -0.4 is 5.73 Å². The lowest BCUT2D eigenvalue weighted by Crippen LogP contribution is -2.17. The van der Waals surface area contributed by atoms with Gasteiger partial charge in [0.05, 0.1) is 7.11 Å². The van der Waals surface area contributed by atoms with E-state index in [0.717, 1.165) is 0 Å². The van der Waals surface area contributed by atoms with Gasteiger partial charge in [0.1, 0.15) is 6.23 Å². The maximum absolute atomic E-state index is 5.06. The molecule has 2 N–H and O–H groups in total. The van der Waals surface area contributed by atoms with E-state index in [1.54, 1.807) is 6.92 Å². The van der Waals surface area contributed by atoms with Gasteiger partial charge < -0.3 is 5.73 Å². The van der Waals surface area contributed by atoms with E-state index in [2.05, 4.69) is 9.78 Å². The summed E-state index contributed by atoms with van der Waals surface area (Å²) < 4.78 is 0. The van der Waals surface area contributed by atoms with Gasteiger partial charge in [0.2, 0.25) is 0 Å². The fourth-order valence-electron chi connectivity index (χ4n) is 0.152. The van der Waals surface area contributed by atoms with Crippen molar-refractivity contribution in [3.05, 3.63) is 0 Å². The van der Waals surface area contributed by atoms with Gasteiger partial charge in [-0.3, -0.25) is 0 Å². The van der Waals surface area contributed by atoms with E-state index in [1.807, 2.05) is 0 Å². The maximum Gasteiger partial charge on any atom is 0.138 e. The molecular weight excluding hydrogens is 82.0 g/mol. The first kappa shape index (κ1) is 5.88. The summed E-state index contributed by atoms with van der Waals surface area (Å²) in [6, 6.07) is 0. The van der Waals surface area contributed by atoms with Crippen LogP contribution in [-0.4, -0.2) is 13.3 Å². The lowest BCUT2D eigenvalue weighted by Gasteiger charge is -1.99. The van der Waals surface area contributed by atoms with Crippen LogP contribution in [0.4, 0.5) is 0 Å². The van der Waals surface area contributed by atoms with E-state index in [0.29, 0.717) is 0 Å². The van der Waals surface area contributed by atoms with E-state index in [9.17, 15) is 0 Å². The van der Waals surface area contributed by atoms with E-state index in [1.165, 1.54) is 7.11 Å². The van der Waals surface area contributed by atoms with E-state index in [-0.39, 0.29) is 6.23 Å². The van der Waals surface area contributed by atoms with Gasteiger partial charge in [-0.05, 0) is 6.92 Å². The molecule has 0 unspecified atom stereocenters. The molecule has 6 heavy (non-hydrogen) atoms. The Morgan fingerprint density at radius 3 is 2.17 bits per heavy atom. The predicted molar refractivity (Wildman–Crippen MR) is 21.7 cm³/mol. The molecule has 0 aromatic rings. The lowest BCUT2D eigenvalue weighted by molar-refractivity contribution is -0.299. The normalized spacial score (nSPS) is 14.5. The number of nitrogens with two attached hydrogens (primary N) is 1. The van der Waals surface area contributed by atoms with Crippen molar-refractivity contribution < 1.29 is 9.78 Å². The number of hydrogen-bond donors (Lipinski definition) is 1. The highest BCUT2D eigenvalue weighted by molar-refractivity contribution is 4.20. The lowest BCUT2D eigenvalue weighted by atomic mass is 10.7. The highest BCUT2D eigenvalue weighted by Crippen LogP contribution is 1.75. The summed E-state index contributed by atoms with van der Waals surface area (Å²) in [4.78, 5) is 8.50. The molecule has 0 aliphatic heterocycles. The van der Waals surface area contributed by atoms with Crippen LogP contribution in [0.3, 0.4) is 0 Å². The van der Waals surface area contributed by atoms with Gasteiger partial charge in [-0.25, -0.2) is 9.78 Å². The van der Waals surface area contributed by atoms with Crippen molar-refractivity contribution in [2.45, 2.75) is 13.2 Å². The van der Waals surface area contributed by atoms with Crippen LogP contribution in [0, 0.1) is 0 Å². The van der Waals surface area contributed by atoms with Gasteiger partial charge in [0.15, 0.2) is 0 Å². The summed E-state index contributed by atoms with van der Waals surface area (Å²) in [5, 5.41) is 0. The Morgan fingerprint density at radius 2 is 2.17 bits per heavy atom. The highest BCUT2D eigenvalue weighted by atomic mass is 17.2. The fourth-order valence-corrected chi connectivity index (χ4v) is 0.152. The van der Waals surface area contributed by atoms with Crippen LogP contribution in [-0.2, 0) is 9.78 Å². The van der Waals surface area contributed by atoms with Crippen LogP contribution in [0.2, 0.25) is 0 Å². The summed E-state index contributed by atoms with van der Waals surface area (Å²) in [5.41, 5.74) is 5.06. The Hall–Kier alpha value is -0.120. The molecule has 0 spiro atoms. The Kier molecular flexibility index (Phi) is 3.02. The van der Waals surface area contributed by atoms with Gasteiger partial charge in [-0.2, -0.15) is 0 Å². The fraction of sp³-hybridized carbons (Fsp3) is 1.00. The van der Waals surface area contributed by atoms with Gasteiger partial charge >= 0.3 is 0 Å². The first-order chi connectivity index (χ1) is 2.77. The zero-order valence-corrected chi connectivity index (χ0v) is 3.97. The molecule has 0 saturated heterocycles. The molecule has 1 atom stereocenters. The molecule has 3 heteroatoms. The molecule has 0 amide bonds. The minimum absolute atomic E-state index is 0.324. The Labute approximate surface area is 37.0 Å². The topological polar surface area (TPSA) is 44.5 Å². The van der Waals surface area contributed by atoms with Gasteiger partial charge in [-0.15, -0.1) is 0 Å². The number of hydrogen-bond acceptors (Lipinski definition) is 3. The third-order valence-electron chi connectivity index (χ3n) is 0.248. The highest BCUT2D eigenvalue weighted by Gasteiger charge is 1.85. The molecule has 0 aromatic heterocycles. The molecule has 0 bridgehead atoms. The van der Waals surface area contributed by atoms with Crippen LogP contribution in [0.15, 0.2) is 0 Å². The minimum atomic E-state index is -0.324. The van der Waals surface area contributed by atoms with Gasteiger partial charge in [0, 0.05) is 0 Å². The molecule has 0 fully saturated rings. The zero-order valence-electron chi connectivity index (χ0n) is 3.97. The zero-order chi connectivity index (χ0) is 4.99. The molecule has 0 rings (SSSR count). The molecule has 0 aliphatic rings. The predicted octanol–water partition coefficient (Wildman–Crippen LogP) is -0.131. The molecule has 3 nitrogen and oxygen atoms in total. The van der Waals surface area contributed by atoms with Crippen molar-refractivity contribution in [3.63, 3.8) is 0 Å². The van der Waals surface area contributed by atoms with Crippen LogP contribution in [0.5, 0.6) is 0 Å². The molecule has 0 aromatic carbocycles.